The van der Waals surface area contributed by atoms with Crippen LogP contribution in [0.4, 0.5) is 0 Å². The maximum absolute atomic E-state index is 4.84. The SMILES string of the molecule is C=N[Si](N=C)(OC)OC. The fourth-order valence-electron chi connectivity index (χ4n) is 0.392. The van der Waals surface area contributed by atoms with Gasteiger partial charge in [-0.15, -0.1) is 0 Å². The molecule has 0 bridgehead atoms. The van der Waals surface area contributed by atoms with Crippen LogP contribution in [0.2, 0.25) is 0 Å². The number of hydrogen-bond donors (Lipinski definition) is 0. The fourth-order valence-corrected chi connectivity index (χ4v) is 1.17. The quantitative estimate of drug-likeness (QED) is 0.417. The predicted molar refractivity (Wildman–Crippen MR) is 38.9 cm³/mol. The van der Waals surface area contributed by atoms with E-state index in [2.05, 4.69) is 22.8 Å². The molecule has 9 heavy (non-hydrogen) atoms. The molecule has 0 fully saturated rings. The molecule has 0 rings (SSSR count). The maximum Gasteiger partial charge on any atom is 0.624 e. The average molecular weight is 146 g/mol. The Bertz CT molecular complexity index is 103. The summed E-state index contributed by atoms with van der Waals surface area (Å²) < 4.78 is 16.9. The van der Waals surface area contributed by atoms with Crippen molar-refractivity contribution in [3.8, 4) is 0 Å². The van der Waals surface area contributed by atoms with Crippen molar-refractivity contribution < 1.29 is 8.85 Å². The Morgan fingerprint density at radius 3 is 1.44 bits per heavy atom. The van der Waals surface area contributed by atoms with E-state index in [4.69, 9.17) is 8.85 Å². The van der Waals surface area contributed by atoms with Gasteiger partial charge in [0, 0.05) is 14.2 Å². The predicted octanol–water partition coefficient (Wildman–Crippen LogP) is 0.116. The van der Waals surface area contributed by atoms with Crippen molar-refractivity contribution in [3.05, 3.63) is 0 Å². The van der Waals surface area contributed by atoms with E-state index in [-0.39, 0.29) is 0 Å². The number of nitrogens with zero attached hydrogens (tertiary/aromatic N) is 2. The highest BCUT2D eigenvalue weighted by Crippen LogP contribution is 2.04. The summed E-state index contributed by atoms with van der Waals surface area (Å²) in [4.78, 5) is 0. The second kappa shape index (κ2) is 3.49. The van der Waals surface area contributed by atoms with Crippen molar-refractivity contribution in [1.29, 1.82) is 0 Å². The first-order valence-corrected chi connectivity index (χ1v) is 4.02. The number of hydrogen-bond acceptors (Lipinski definition) is 4. The topological polar surface area (TPSA) is 43.2 Å². The van der Waals surface area contributed by atoms with Gasteiger partial charge in [0.05, 0.1) is 0 Å². The van der Waals surface area contributed by atoms with Gasteiger partial charge in [-0.1, -0.05) is 0 Å². The summed E-state index contributed by atoms with van der Waals surface area (Å²) in [7, 11) is 0.279. The normalized spacial score (nSPS) is 10.9. The lowest BCUT2D eigenvalue weighted by atomic mass is 11.8. The highest BCUT2D eigenvalue weighted by atomic mass is 28.4. The summed E-state index contributed by atoms with van der Waals surface area (Å²) in [6.45, 7) is 6.55. The molecule has 0 unspecified atom stereocenters. The minimum Gasteiger partial charge on any atom is -0.363 e. The van der Waals surface area contributed by atoms with Crippen molar-refractivity contribution in [3.63, 3.8) is 0 Å². The fraction of sp³-hybridized carbons (Fsp3) is 0.500. The molecule has 0 saturated carbocycles. The van der Waals surface area contributed by atoms with E-state index < -0.39 is 8.88 Å². The minimum atomic E-state index is -2.66. The Morgan fingerprint density at radius 1 is 1.11 bits per heavy atom. The lowest BCUT2D eigenvalue weighted by molar-refractivity contribution is 0.247. The van der Waals surface area contributed by atoms with E-state index >= 15 is 0 Å². The monoisotopic (exact) mass is 146 g/mol. The van der Waals surface area contributed by atoms with Crippen LogP contribution in [0.5, 0.6) is 0 Å². The molecule has 0 radical (unpaired) electrons. The summed E-state index contributed by atoms with van der Waals surface area (Å²) in [5, 5.41) is 0. The van der Waals surface area contributed by atoms with Crippen molar-refractivity contribution in [2.45, 2.75) is 0 Å². The molecule has 0 aliphatic carbocycles. The lowest BCUT2D eigenvalue weighted by Crippen LogP contribution is -2.35. The Labute approximate surface area is 55.6 Å². The molecular weight excluding hydrogens is 136 g/mol. The van der Waals surface area contributed by atoms with Crippen LogP contribution in [-0.2, 0) is 8.85 Å². The Kier molecular flexibility index (Phi) is 3.29. The van der Waals surface area contributed by atoms with Crippen molar-refractivity contribution >= 4 is 22.3 Å². The number of rotatable bonds is 4. The summed E-state index contributed by atoms with van der Waals surface area (Å²) >= 11 is 0. The van der Waals surface area contributed by atoms with Crippen LogP contribution < -0.4 is 0 Å². The second-order valence-corrected chi connectivity index (χ2v) is 3.82. The zero-order valence-corrected chi connectivity index (χ0v) is 6.63. The van der Waals surface area contributed by atoms with Gasteiger partial charge in [-0.05, 0) is 13.4 Å². The van der Waals surface area contributed by atoms with Crippen LogP contribution in [0.1, 0.15) is 0 Å². The summed E-state index contributed by atoms with van der Waals surface area (Å²) in [6.07, 6.45) is 0. The molecule has 0 spiro atoms. The molecule has 4 nitrogen and oxygen atoms in total. The molecule has 0 aromatic rings. The molecule has 0 saturated heterocycles. The average Bonchev–Trinajstić information content (AvgIpc) is 1.95. The third kappa shape index (κ3) is 1.70. The lowest BCUT2D eigenvalue weighted by Gasteiger charge is -2.13. The van der Waals surface area contributed by atoms with Crippen LogP contribution >= 0.6 is 0 Å². The van der Waals surface area contributed by atoms with Crippen LogP contribution in [0.15, 0.2) is 9.32 Å². The Morgan fingerprint density at radius 2 is 1.44 bits per heavy atom. The zero-order valence-electron chi connectivity index (χ0n) is 5.63. The van der Waals surface area contributed by atoms with Crippen LogP contribution in [0.25, 0.3) is 0 Å². The molecule has 0 heterocycles. The van der Waals surface area contributed by atoms with Gasteiger partial charge in [0.15, 0.2) is 0 Å². The van der Waals surface area contributed by atoms with Gasteiger partial charge in [-0.3, -0.25) is 9.32 Å². The van der Waals surface area contributed by atoms with E-state index in [0.29, 0.717) is 0 Å². The first-order valence-electron chi connectivity index (χ1n) is 2.30. The largest absolute Gasteiger partial charge is 0.624 e. The third-order valence-electron chi connectivity index (χ3n) is 0.931. The maximum atomic E-state index is 4.84. The molecule has 0 aromatic carbocycles. The Hall–Kier alpha value is -0.523. The van der Waals surface area contributed by atoms with Gasteiger partial charge in [-0.2, -0.15) is 0 Å². The smallest absolute Gasteiger partial charge is 0.363 e. The standard InChI is InChI=1S/C4H10N2O2Si/c1-5-9(6-2,7-3)8-4/h1-2H2,3-4H3. The Balaban J connectivity index is 4.15. The highest BCUT2D eigenvalue weighted by molar-refractivity contribution is 6.64. The van der Waals surface area contributed by atoms with E-state index in [1.807, 2.05) is 0 Å². The minimum absolute atomic E-state index is 1.47. The first-order chi connectivity index (χ1) is 4.24. The summed E-state index contributed by atoms with van der Waals surface area (Å²) in [5.41, 5.74) is 0. The van der Waals surface area contributed by atoms with Crippen LogP contribution in [0, 0.1) is 0 Å². The van der Waals surface area contributed by atoms with Gasteiger partial charge < -0.3 is 8.85 Å². The van der Waals surface area contributed by atoms with E-state index in [0.717, 1.165) is 0 Å². The van der Waals surface area contributed by atoms with Crippen molar-refractivity contribution in [1.82, 2.24) is 0 Å². The first kappa shape index (κ1) is 8.48. The van der Waals surface area contributed by atoms with E-state index in [1.165, 1.54) is 14.2 Å². The molecule has 52 valence electrons. The van der Waals surface area contributed by atoms with Crippen LogP contribution in [-0.4, -0.2) is 36.5 Å². The molecule has 0 atom stereocenters. The van der Waals surface area contributed by atoms with Crippen molar-refractivity contribution in [2.24, 2.45) is 9.32 Å². The molecule has 0 amide bonds. The molecule has 0 aromatic heterocycles. The molecular formula is C4H10N2O2Si. The molecule has 0 N–H and O–H groups in total. The van der Waals surface area contributed by atoms with Gasteiger partial charge in [-0.25, -0.2) is 0 Å². The van der Waals surface area contributed by atoms with Crippen LogP contribution in [0.3, 0.4) is 0 Å². The summed E-state index contributed by atoms with van der Waals surface area (Å²) in [5.74, 6) is 0. The zero-order chi connectivity index (χ0) is 7.33. The van der Waals surface area contributed by atoms with E-state index in [9.17, 15) is 0 Å². The van der Waals surface area contributed by atoms with E-state index in [1.54, 1.807) is 0 Å². The highest BCUT2D eigenvalue weighted by Gasteiger charge is 2.34. The van der Waals surface area contributed by atoms with Gasteiger partial charge in [0.25, 0.3) is 0 Å². The molecule has 0 aliphatic rings. The summed E-state index contributed by atoms with van der Waals surface area (Å²) in [6, 6.07) is 0. The second-order valence-electron chi connectivity index (χ2n) is 1.27. The van der Waals surface area contributed by atoms with Gasteiger partial charge >= 0.3 is 8.88 Å². The van der Waals surface area contributed by atoms with Gasteiger partial charge in [0.2, 0.25) is 0 Å². The molecule has 0 aliphatic heterocycles. The third-order valence-corrected chi connectivity index (χ3v) is 2.79. The van der Waals surface area contributed by atoms with Crippen molar-refractivity contribution in [2.75, 3.05) is 14.2 Å². The molecule has 5 heteroatoms. The van der Waals surface area contributed by atoms with Gasteiger partial charge in [0.1, 0.15) is 0 Å².